The third-order valence-corrected chi connectivity index (χ3v) is 6.17. The zero-order chi connectivity index (χ0) is 16.0. The maximum absolute atomic E-state index is 13.9. The summed E-state index contributed by atoms with van der Waals surface area (Å²) in [5, 5.41) is 0.320. The predicted molar refractivity (Wildman–Crippen MR) is 88.1 cm³/mol. The van der Waals surface area contributed by atoms with Gasteiger partial charge in [0.25, 0.3) is 5.91 Å². The van der Waals surface area contributed by atoms with Crippen LogP contribution in [0.4, 0.5) is 4.39 Å². The first-order valence-electron chi connectivity index (χ1n) is 8.60. The van der Waals surface area contributed by atoms with Crippen molar-refractivity contribution in [3.05, 3.63) is 34.6 Å². The van der Waals surface area contributed by atoms with Crippen LogP contribution in [0.2, 0.25) is 5.02 Å². The van der Waals surface area contributed by atoms with E-state index in [1.54, 1.807) is 11.0 Å². The molecule has 1 aromatic rings. The molecule has 0 spiro atoms. The fourth-order valence-electron chi connectivity index (χ4n) is 4.75. The molecule has 3 atom stereocenters. The number of rotatable bonds is 2. The van der Waals surface area contributed by atoms with Gasteiger partial charge in [0.05, 0.1) is 5.56 Å². The third-order valence-electron chi connectivity index (χ3n) is 5.93. The lowest BCUT2D eigenvalue weighted by molar-refractivity contribution is 0.0492. The second kappa shape index (κ2) is 6.06. The van der Waals surface area contributed by atoms with Crippen molar-refractivity contribution in [2.45, 2.75) is 31.7 Å². The van der Waals surface area contributed by atoms with E-state index in [1.807, 2.05) is 0 Å². The molecule has 3 fully saturated rings. The molecule has 0 unspecified atom stereocenters. The molecule has 0 aromatic heterocycles. The summed E-state index contributed by atoms with van der Waals surface area (Å²) in [7, 11) is 0. The second-order valence-electron chi connectivity index (χ2n) is 7.19. The molecule has 2 bridgehead atoms. The van der Waals surface area contributed by atoms with Crippen molar-refractivity contribution in [1.29, 1.82) is 0 Å². The summed E-state index contributed by atoms with van der Waals surface area (Å²) in [6.07, 6.45) is 5.53. The van der Waals surface area contributed by atoms with Crippen LogP contribution in [-0.4, -0.2) is 47.9 Å². The van der Waals surface area contributed by atoms with Gasteiger partial charge in [-0.3, -0.25) is 9.69 Å². The van der Waals surface area contributed by atoms with Gasteiger partial charge in [-0.15, -0.1) is 0 Å². The topological polar surface area (TPSA) is 23.6 Å². The molecule has 3 aliphatic rings. The minimum Gasteiger partial charge on any atom is -0.336 e. The van der Waals surface area contributed by atoms with E-state index in [0.717, 1.165) is 31.0 Å². The monoisotopic (exact) mass is 336 g/mol. The molecule has 1 amide bonds. The van der Waals surface area contributed by atoms with E-state index in [4.69, 9.17) is 11.6 Å². The summed E-state index contributed by atoms with van der Waals surface area (Å²) in [6, 6.07) is 4.99. The van der Waals surface area contributed by atoms with Crippen LogP contribution >= 0.6 is 11.6 Å². The van der Waals surface area contributed by atoms with E-state index < -0.39 is 5.82 Å². The van der Waals surface area contributed by atoms with E-state index >= 15 is 0 Å². The van der Waals surface area contributed by atoms with Gasteiger partial charge in [0.1, 0.15) is 5.82 Å². The lowest BCUT2D eigenvalue weighted by Gasteiger charge is -2.41. The van der Waals surface area contributed by atoms with Gasteiger partial charge in [-0.2, -0.15) is 0 Å². The Bertz CT molecular complexity index is 615. The third kappa shape index (κ3) is 2.87. The standard InChI is InChI=1S/C18H22ClFN2O/c19-14-3-4-15(16(20)11-14)18(23)22-7-5-21(6-8-22)17-10-12-1-2-13(17)9-12/h3-4,11-13,17H,1-2,5-10H2/t12-,13-,17-/m0/s1. The molecule has 124 valence electrons. The minimum atomic E-state index is -0.530. The van der Waals surface area contributed by atoms with Crippen LogP contribution in [0.5, 0.6) is 0 Å². The molecule has 0 radical (unpaired) electrons. The molecule has 23 heavy (non-hydrogen) atoms. The van der Waals surface area contributed by atoms with Gasteiger partial charge in [0.15, 0.2) is 0 Å². The largest absolute Gasteiger partial charge is 0.336 e. The van der Waals surface area contributed by atoms with Crippen molar-refractivity contribution in [3.63, 3.8) is 0 Å². The summed E-state index contributed by atoms with van der Waals surface area (Å²) in [6.45, 7) is 3.20. The van der Waals surface area contributed by atoms with Crippen molar-refractivity contribution < 1.29 is 9.18 Å². The number of carbonyl (C=O) groups excluding carboxylic acids is 1. The van der Waals surface area contributed by atoms with E-state index in [9.17, 15) is 9.18 Å². The Hall–Kier alpha value is -1.13. The molecule has 2 aliphatic carbocycles. The molecule has 4 rings (SSSR count). The van der Waals surface area contributed by atoms with Crippen molar-refractivity contribution in [1.82, 2.24) is 9.80 Å². The van der Waals surface area contributed by atoms with E-state index in [-0.39, 0.29) is 11.5 Å². The van der Waals surface area contributed by atoms with Gasteiger partial charge in [-0.05, 0) is 49.3 Å². The Morgan fingerprint density at radius 3 is 2.52 bits per heavy atom. The van der Waals surface area contributed by atoms with Crippen molar-refractivity contribution in [3.8, 4) is 0 Å². The van der Waals surface area contributed by atoms with Crippen LogP contribution in [-0.2, 0) is 0 Å². The molecule has 1 saturated heterocycles. The average Bonchev–Trinajstić information content (AvgIpc) is 3.17. The SMILES string of the molecule is O=C(c1ccc(Cl)cc1F)N1CCN([C@H]2C[C@H]3CC[C@H]2C3)CC1. The quantitative estimate of drug-likeness (QED) is 0.826. The Morgan fingerprint density at radius 1 is 1.13 bits per heavy atom. The predicted octanol–water partition coefficient (Wildman–Crippen LogP) is 3.43. The van der Waals surface area contributed by atoms with Crippen molar-refractivity contribution in [2.24, 2.45) is 11.8 Å². The van der Waals surface area contributed by atoms with Gasteiger partial charge >= 0.3 is 0 Å². The van der Waals surface area contributed by atoms with Crippen LogP contribution in [0, 0.1) is 17.7 Å². The van der Waals surface area contributed by atoms with Crippen LogP contribution in [0.1, 0.15) is 36.0 Å². The second-order valence-corrected chi connectivity index (χ2v) is 7.63. The fraction of sp³-hybridized carbons (Fsp3) is 0.611. The molecule has 1 aromatic carbocycles. The molecule has 5 heteroatoms. The molecule has 0 N–H and O–H groups in total. The highest BCUT2D eigenvalue weighted by molar-refractivity contribution is 6.30. The van der Waals surface area contributed by atoms with Crippen LogP contribution < -0.4 is 0 Å². The number of hydrogen-bond donors (Lipinski definition) is 0. The highest BCUT2D eigenvalue weighted by Crippen LogP contribution is 2.46. The smallest absolute Gasteiger partial charge is 0.256 e. The van der Waals surface area contributed by atoms with Gasteiger partial charge in [0, 0.05) is 37.2 Å². The highest BCUT2D eigenvalue weighted by Gasteiger charge is 2.43. The summed E-state index contributed by atoms with van der Waals surface area (Å²) in [5.41, 5.74) is 0.128. The number of amides is 1. The van der Waals surface area contributed by atoms with Crippen LogP contribution in [0.3, 0.4) is 0 Å². The normalized spacial score (nSPS) is 30.9. The molecule has 3 nitrogen and oxygen atoms in total. The summed E-state index contributed by atoms with van der Waals surface area (Å²) in [4.78, 5) is 16.8. The maximum atomic E-state index is 13.9. The Morgan fingerprint density at radius 2 is 1.91 bits per heavy atom. The number of carbonyl (C=O) groups is 1. The minimum absolute atomic E-state index is 0.128. The van der Waals surface area contributed by atoms with Gasteiger partial charge in [-0.1, -0.05) is 18.0 Å². The van der Waals surface area contributed by atoms with Gasteiger partial charge in [0.2, 0.25) is 0 Å². The maximum Gasteiger partial charge on any atom is 0.256 e. The lowest BCUT2D eigenvalue weighted by atomic mass is 9.93. The Labute approximate surface area is 141 Å². The molecular formula is C18H22ClFN2O. The number of benzene rings is 1. The van der Waals surface area contributed by atoms with Gasteiger partial charge in [-0.25, -0.2) is 4.39 Å². The number of piperazine rings is 1. The Balaban J connectivity index is 1.38. The number of nitrogens with zero attached hydrogens (tertiary/aromatic N) is 2. The lowest BCUT2D eigenvalue weighted by Crippen LogP contribution is -2.53. The summed E-state index contributed by atoms with van der Waals surface area (Å²) in [5.74, 6) is 1.06. The van der Waals surface area contributed by atoms with E-state index in [1.165, 1.54) is 37.8 Å². The molecular weight excluding hydrogens is 315 g/mol. The summed E-state index contributed by atoms with van der Waals surface area (Å²) >= 11 is 5.76. The first-order chi connectivity index (χ1) is 11.1. The van der Waals surface area contributed by atoms with Crippen LogP contribution in [0.15, 0.2) is 18.2 Å². The van der Waals surface area contributed by atoms with Gasteiger partial charge < -0.3 is 4.90 Å². The number of hydrogen-bond acceptors (Lipinski definition) is 2. The first kappa shape index (κ1) is 15.4. The van der Waals surface area contributed by atoms with Crippen molar-refractivity contribution in [2.75, 3.05) is 26.2 Å². The van der Waals surface area contributed by atoms with E-state index in [0.29, 0.717) is 18.1 Å². The molecule has 2 saturated carbocycles. The zero-order valence-corrected chi connectivity index (χ0v) is 13.9. The zero-order valence-electron chi connectivity index (χ0n) is 13.2. The summed E-state index contributed by atoms with van der Waals surface area (Å²) < 4.78 is 13.9. The van der Waals surface area contributed by atoms with E-state index in [2.05, 4.69) is 4.90 Å². The average molecular weight is 337 g/mol. The number of halogens is 2. The van der Waals surface area contributed by atoms with Crippen LogP contribution in [0.25, 0.3) is 0 Å². The van der Waals surface area contributed by atoms with Crippen molar-refractivity contribution >= 4 is 17.5 Å². The fourth-order valence-corrected chi connectivity index (χ4v) is 4.91. The molecule has 1 aliphatic heterocycles. The molecule has 1 heterocycles. The first-order valence-corrected chi connectivity index (χ1v) is 8.98. The number of fused-ring (bicyclic) bond motifs is 2. The Kier molecular flexibility index (Phi) is 4.06. The highest BCUT2D eigenvalue weighted by atomic mass is 35.5.